The zero-order chi connectivity index (χ0) is 7.28. The van der Waals surface area contributed by atoms with Crippen molar-refractivity contribution in [3.8, 4) is 0 Å². The van der Waals surface area contributed by atoms with E-state index in [9.17, 15) is 4.21 Å². The Morgan fingerprint density at radius 2 is 2.22 bits per heavy atom. The Labute approximate surface area is 58.9 Å². The molecule has 0 radical (unpaired) electrons. The summed E-state index contributed by atoms with van der Waals surface area (Å²) in [6.45, 7) is 7.35. The largest absolute Gasteiger partial charge is 0.255 e. The van der Waals surface area contributed by atoms with Gasteiger partial charge in [-0.1, -0.05) is 11.6 Å². The van der Waals surface area contributed by atoms with E-state index in [1.54, 1.807) is 11.5 Å². The normalized spacial score (nSPS) is 12.2. The summed E-state index contributed by atoms with van der Waals surface area (Å²) in [4.78, 5) is 0. The van der Waals surface area contributed by atoms with Crippen LogP contribution in [0.4, 0.5) is 0 Å². The van der Waals surface area contributed by atoms with Crippen LogP contribution in [-0.2, 0) is 10.8 Å². The van der Waals surface area contributed by atoms with Crippen LogP contribution in [0.5, 0.6) is 0 Å². The van der Waals surface area contributed by atoms with Crippen molar-refractivity contribution < 1.29 is 4.21 Å². The van der Waals surface area contributed by atoms with Crippen LogP contribution in [-0.4, -0.2) is 9.96 Å². The summed E-state index contributed by atoms with van der Waals surface area (Å²) in [5, 5.41) is 1.74. The fraction of sp³-hybridized carbons (Fsp3) is 0.429. The third-order valence-electron chi connectivity index (χ3n) is 0.649. The van der Waals surface area contributed by atoms with Gasteiger partial charge in [-0.25, -0.2) is 0 Å². The molecule has 0 heterocycles. The molecule has 0 saturated carbocycles. The van der Waals surface area contributed by atoms with Crippen LogP contribution in [0, 0.1) is 0 Å². The van der Waals surface area contributed by atoms with E-state index >= 15 is 0 Å². The molecule has 0 amide bonds. The molecule has 1 atom stereocenters. The van der Waals surface area contributed by atoms with Gasteiger partial charge in [-0.05, 0) is 13.8 Å². The zero-order valence-electron chi connectivity index (χ0n) is 5.89. The topological polar surface area (TPSA) is 17.1 Å². The minimum atomic E-state index is -0.830. The molecule has 1 unspecified atom stereocenters. The standard InChI is InChI=1S/C7H12OS/c1-4-5-9(8)6-7(2)3/h4,6H,1,5H2,2-3H3. The highest BCUT2D eigenvalue weighted by atomic mass is 32.2. The van der Waals surface area contributed by atoms with Gasteiger partial charge in [0.2, 0.25) is 0 Å². The van der Waals surface area contributed by atoms with Gasteiger partial charge in [-0.15, -0.1) is 6.58 Å². The molecule has 0 aromatic heterocycles. The van der Waals surface area contributed by atoms with Crippen molar-refractivity contribution in [2.45, 2.75) is 13.8 Å². The Hall–Kier alpha value is -0.370. The quantitative estimate of drug-likeness (QED) is 0.552. The van der Waals surface area contributed by atoms with Crippen LogP contribution >= 0.6 is 0 Å². The number of allylic oxidation sites excluding steroid dienone is 1. The molecular formula is C7H12OS. The molecule has 0 aliphatic carbocycles. The first-order valence-electron chi connectivity index (χ1n) is 2.80. The van der Waals surface area contributed by atoms with E-state index in [1.165, 1.54) is 0 Å². The predicted octanol–water partition coefficient (Wildman–Crippen LogP) is 1.84. The molecule has 0 fully saturated rings. The van der Waals surface area contributed by atoms with Crippen molar-refractivity contribution in [1.82, 2.24) is 0 Å². The smallest absolute Gasteiger partial charge is 0.0493 e. The van der Waals surface area contributed by atoms with Gasteiger partial charge in [-0.3, -0.25) is 4.21 Å². The summed E-state index contributed by atoms with van der Waals surface area (Å²) < 4.78 is 10.8. The Morgan fingerprint density at radius 3 is 2.56 bits per heavy atom. The molecule has 9 heavy (non-hydrogen) atoms. The van der Waals surface area contributed by atoms with Crippen molar-refractivity contribution in [3.63, 3.8) is 0 Å². The summed E-state index contributed by atoms with van der Waals surface area (Å²) in [5.41, 5.74) is 1.09. The third kappa shape index (κ3) is 5.50. The Morgan fingerprint density at radius 1 is 1.67 bits per heavy atom. The summed E-state index contributed by atoms with van der Waals surface area (Å²) in [5.74, 6) is 0.561. The van der Waals surface area contributed by atoms with Gasteiger partial charge in [0.05, 0.1) is 0 Å². The summed E-state index contributed by atoms with van der Waals surface area (Å²) >= 11 is 0. The fourth-order valence-corrected chi connectivity index (χ4v) is 1.28. The molecule has 0 spiro atoms. The Balaban J connectivity index is 3.76. The van der Waals surface area contributed by atoms with Crippen molar-refractivity contribution in [1.29, 1.82) is 0 Å². The van der Waals surface area contributed by atoms with Crippen LogP contribution in [0.2, 0.25) is 0 Å². The molecule has 0 N–H and O–H groups in total. The van der Waals surface area contributed by atoms with Gasteiger partial charge < -0.3 is 0 Å². The first-order chi connectivity index (χ1) is 4.16. The molecule has 52 valence electrons. The second-order valence-electron chi connectivity index (χ2n) is 2.03. The van der Waals surface area contributed by atoms with Gasteiger partial charge in [0.15, 0.2) is 0 Å². The van der Waals surface area contributed by atoms with E-state index in [2.05, 4.69) is 6.58 Å². The van der Waals surface area contributed by atoms with E-state index in [1.807, 2.05) is 13.8 Å². The predicted molar refractivity (Wildman–Crippen MR) is 42.6 cm³/mol. The summed E-state index contributed by atoms with van der Waals surface area (Å²) in [6.07, 6.45) is 1.66. The minimum absolute atomic E-state index is 0.561. The number of hydrogen-bond donors (Lipinski definition) is 0. The maximum Gasteiger partial charge on any atom is 0.0493 e. The van der Waals surface area contributed by atoms with Crippen molar-refractivity contribution in [2.75, 3.05) is 5.75 Å². The van der Waals surface area contributed by atoms with Crippen LogP contribution < -0.4 is 0 Å². The van der Waals surface area contributed by atoms with E-state index < -0.39 is 10.8 Å². The lowest BCUT2D eigenvalue weighted by atomic mass is 10.4. The van der Waals surface area contributed by atoms with E-state index in [-0.39, 0.29) is 0 Å². The van der Waals surface area contributed by atoms with Gasteiger partial charge in [0.25, 0.3) is 0 Å². The SMILES string of the molecule is C=CCS(=O)C=C(C)C. The average Bonchev–Trinajstić information content (AvgIpc) is 1.63. The highest BCUT2D eigenvalue weighted by molar-refractivity contribution is 7.88. The Kier molecular flexibility index (Phi) is 4.32. The molecule has 0 bridgehead atoms. The summed E-state index contributed by atoms with van der Waals surface area (Å²) in [7, 11) is -0.830. The molecule has 0 aromatic carbocycles. The number of hydrogen-bond acceptors (Lipinski definition) is 1. The zero-order valence-corrected chi connectivity index (χ0v) is 6.70. The van der Waals surface area contributed by atoms with Crippen molar-refractivity contribution in [3.05, 3.63) is 23.6 Å². The monoisotopic (exact) mass is 144 g/mol. The van der Waals surface area contributed by atoms with Gasteiger partial charge >= 0.3 is 0 Å². The van der Waals surface area contributed by atoms with E-state index in [4.69, 9.17) is 0 Å². The van der Waals surface area contributed by atoms with Gasteiger partial charge in [0.1, 0.15) is 0 Å². The Bertz CT molecular complexity index is 143. The lowest BCUT2D eigenvalue weighted by Crippen LogP contribution is -1.87. The van der Waals surface area contributed by atoms with Crippen LogP contribution in [0.15, 0.2) is 23.6 Å². The maximum absolute atomic E-state index is 10.8. The first kappa shape index (κ1) is 8.63. The third-order valence-corrected chi connectivity index (χ3v) is 1.95. The van der Waals surface area contributed by atoms with Gasteiger partial charge in [-0.2, -0.15) is 0 Å². The van der Waals surface area contributed by atoms with Crippen LogP contribution in [0.25, 0.3) is 0 Å². The molecule has 0 saturated heterocycles. The highest BCUT2D eigenvalue weighted by Crippen LogP contribution is 1.93. The average molecular weight is 144 g/mol. The lowest BCUT2D eigenvalue weighted by Gasteiger charge is -1.88. The second-order valence-corrected chi connectivity index (χ2v) is 3.36. The van der Waals surface area contributed by atoms with Crippen LogP contribution in [0.3, 0.4) is 0 Å². The molecule has 1 nitrogen and oxygen atoms in total. The molecular weight excluding hydrogens is 132 g/mol. The molecule has 0 aromatic rings. The lowest BCUT2D eigenvalue weighted by molar-refractivity contribution is 0.690. The molecule has 0 aliphatic heterocycles. The molecule has 0 aliphatic rings. The number of rotatable bonds is 3. The fourth-order valence-electron chi connectivity index (χ4n) is 0.427. The van der Waals surface area contributed by atoms with Gasteiger partial charge in [0, 0.05) is 22.0 Å². The maximum atomic E-state index is 10.8. The highest BCUT2D eigenvalue weighted by Gasteiger charge is 1.87. The van der Waals surface area contributed by atoms with Crippen molar-refractivity contribution in [2.24, 2.45) is 0 Å². The van der Waals surface area contributed by atoms with Crippen LogP contribution in [0.1, 0.15) is 13.8 Å². The summed E-state index contributed by atoms with van der Waals surface area (Å²) in [6, 6.07) is 0. The molecule has 2 heteroatoms. The first-order valence-corrected chi connectivity index (χ1v) is 4.18. The molecule has 0 rings (SSSR count). The van der Waals surface area contributed by atoms with Crippen molar-refractivity contribution >= 4 is 10.8 Å². The second kappa shape index (κ2) is 4.50. The van der Waals surface area contributed by atoms with E-state index in [0.717, 1.165) is 5.57 Å². The van der Waals surface area contributed by atoms with E-state index in [0.29, 0.717) is 5.75 Å². The minimum Gasteiger partial charge on any atom is -0.255 e.